The second-order valence-electron chi connectivity index (χ2n) is 5.41. The number of nitrogens with zero attached hydrogens (tertiary/aromatic N) is 1. The van der Waals surface area contributed by atoms with Crippen molar-refractivity contribution in [2.45, 2.75) is 17.1 Å². The Balaban J connectivity index is 2.01. The molecule has 0 heterocycles. The molecule has 0 saturated carbocycles. The number of benzene rings is 2. The maximum atomic E-state index is 12.2. The van der Waals surface area contributed by atoms with Crippen LogP contribution in [0, 0.1) is 0 Å². The van der Waals surface area contributed by atoms with Crippen molar-refractivity contribution >= 4 is 35.5 Å². The predicted molar refractivity (Wildman–Crippen MR) is 109 cm³/mol. The third-order valence-electron chi connectivity index (χ3n) is 3.57. The van der Waals surface area contributed by atoms with E-state index in [0.717, 1.165) is 4.90 Å². The average Bonchev–Trinajstić information content (AvgIpc) is 2.68. The van der Waals surface area contributed by atoms with Crippen LogP contribution < -0.4 is 19.6 Å². The van der Waals surface area contributed by atoms with Crippen molar-refractivity contribution in [3.05, 3.63) is 47.0 Å². The standard InChI is InChI=1S/C19H21ClN2O4S/c1-12(27-15-7-5-14(20)6-8-15)19(23)22-21-11-13-9-16(24-2)18(26-4)17(10-13)25-3/h5-12H,1-4H3,(H,22,23)/b21-11-/t12-/m0/s1. The fourth-order valence-corrected chi connectivity index (χ4v) is 3.20. The van der Waals surface area contributed by atoms with E-state index in [2.05, 4.69) is 10.5 Å². The molecule has 1 atom stereocenters. The highest BCUT2D eigenvalue weighted by molar-refractivity contribution is 8.00. The Labute approximate surface area is 167 Å². The molecule has 2 rings (SSSR count). The third-order valence-corrected chi connectivity index (χ3v) is 4.94. The summed E-state index contributed by atoms with van der Waals surface area (Å²) < 4.78 is 15.9. The number of hydrogen-bond donors (Lipinski definition) is 1. The second kappa shape index (κ2) is 10.1. The zero-order valence-corrected chi connectivity index (χ0v) is 17.1. The smallest absolute Gasteiger partial charge is 0.253 e. The zero-order valence-electron chi connectivity index (χ0n) is 15.5. The van der Waals surface area contributed by atoms with Gasteiger partial charge in [-0.05, 0) is 43.3 Å². The number of halogens is 1. The first-order chi connectivity index (χ1) is 13.0. The first-order valence-corrected chi connectivity index (χ1v) is 9.29. The van der Waals surface area contributed by atoms with E-state index in [1.807, 2.05) is 19.1 Å². The Morgan fingerprint density at radius 3 is 2.22 bits per heavy atom. The van der Waals surface area contributed by atoms with E-state index in [9.17, 15) is 4.79 Å². The van der Waals surface area contributed by atoms with Crippen molar-refractivity contribution in [3.8, 4) is 17.2 Å². The predicted octanol–water partition coefficient (Wildman–Crippen LogP) is 4.00. The summed E-state index contributed by atoms with van der Waals surface area (Å²) in [7, 11) is 4.61. The number of amides is 1. The van der Waals surface area contributed by atoms with Crippen LogP contribution in [-0.4, -0.2) is 38.7 Å². The van der Waals surface area contributed by atoms with E-state index >= 15 is 0 Å². The van der Waals surface area contributed by atoms with Crippen LogP contribution in [0.2, 0.25) is 5.02 Å². The number of methoxy groups -OCH3 is 3. The number of hydrogen-bond acceptors (Lipinski definition) is 6. The monoisotopic (exact) mass is 408 g/mol. The average molecular weight is 409 g/mol. The molecule has 0 radical (unpaired) electrons. The molecule has 1 N–H and O–H groups in total. The van der Waals surface area contributed by atoms with E-state index in [-0.39, 0.29) is 11.2 Å². The van der Waals surface area contributed by atoms with Crippen LogP contribution in [0.25, 0.3) is 0 Å². The van der Waals surface area contributed by atoms with Crippen molar-refractivity contribution in [2.24, 2.45) is 5.10 Å². The zero-order chi connectivity index (χ0) is 19.8. The van der Waals surface area contributed by atoms with Crippen molar-refractivity contribution in [3.63, 3.8) is 0 Å². The Bertz CT molecular complexity index is 787. The van der Waals surface area contributed by atoms with Crippen molar-refractivity contribution in [1.82, 2.24) is 5.43 Å². The van der Waals surface area contributed by atoms with E-state index in [1.165, 1.54) is 39.3 Å². The van der Waals surface area contributed by atoms with Crippen molar-refractivity contribution in [1.29, 1.82) is 0 Å². The highest BCUT2D eigenvalue weighted by Gasteiger charge is 2.14. The van der Waals surface area contributed by atoms with Gasteiger partial charge in [0.2, 0.25) is 5.75 Å². The van der Waals surface area contributed by atoms with Gasteiger partial charge in [-0.15, -0.1) is 11.8 Å². The third kappa shape index (κ3) is 5.80. The number of nitrogens with one attached hydrogen (secondary N) is 1. The fourth-order valence-electron chi connectivity index (χ4n) is 2.21. The molecule has 1 amide bonds. The Morgan fingerprint density at radius 2 is 1.70 bits per heavy atom. The van der Waals surface area contributed by atoms with E-state index in [4.69, 9.17) is 25.8 Å². The van der Waals surface area contributed by atoms with Gasteiger partial charge in [-0.25, -0.2) is 5.43 Å². The van der Waals surface area contributed by atoms with Crippen LogP contribution >= 0.6 is 23.4 Å². The molecular weight excluding hydrogens is 388 g/mol. The Hall–Kier alpha value is -2.38. The van der Waals surface area contributed by atoms with Gasteiger partial charge in [0.1, 0.15) is 0 Å². The highest BCUT2D eigenvalue weighted by Crippen LogP contribution is 2.37. The van der Waals surface area contributed by atoms with Gasteiger partial charge in [-0.1, -0.05) is 11.6 Å². The van der Waals surface area contributed by atoms with E-state index in [1.54, 1.807) is 24.3 Å². The first-order valence-electron chi connectivity index (χ1n) is 8.03. The number of carbonyl (C=O) groups is 1. The molecule has 0 bridgehead atoms. The summed E-state index contributed by atoms with van der Waals surface area (Å²) in [4.78, 5) is 13.2. The Kier molecular flexibility index (Phi) is 7.82. The van der Waals surface area contributed by atoms with Gasteiger partial charge < -0.3 is 14.2 Å². The van der Waals surface area contributed by atoms with Crippen LogP contribution in [0.3, 0.4) is 0 Å². The summed E-state index contributed by atoms with van der Waals surface area (Å²) in [6.45, 7) is 1.81. The van der Waals surface area contributed by atoms with Crippen LogP contribution in [-0.2, 0) is 4.79 Å². The van der Waals surface area contributed by atoms with Gasteiger partial charge in [0.25, 0.3) is 5.91 Å². The maximum absolute atomic E-state index is 12.2. The SMILES string of the molecule is COc1cc(/C=N\NC(=O)[C@H](C)Sc2ccc(Cl)cc2)cc(OC)c1OC. The second-order valence-corrected chi connectivity index (χ2v) is 7.26. The molecule has 2 aromatic rings. The molecule has 144 valence electrons. The van der Waals surface area contributed by atoms with Gasteiger partial charge >= 0.3 is 0 Å². The number of rotatable bonds is 8. The maximum Gasteiger partial charge on any atom is 0.253 e. The minimum atomic E-state index is -0.316. The fraction of sp³-hybridized carbons (Fsp3) is 0.263. The topological polar surface area (TPSA) is 69.2 Å². The summed E-state index contributed by atoms with van der Waals surface area (Å²) in [5.74, 6) is 1.31. The van der Waals surface area contributed by atoms with Gasteiger partial charge in [0.05, 0.1) is 32.8 Å². The molecular formula is C19H21ClN2O4S. The van der Waals surface area contributed by atoms with E-state index in [0.29, 0.717) is 27.8 Å². The van der Waals surface area contributed by atoms with Crippen LogP contribution in [0.5, 0.6) is 17.2 Å². The molecule has 27 heavy (non-hydrogen) atoms. The number of hydrazone groups is 1. The Morgan fingerprint density at radius 1 is 1.11 bits per heavy atom. The molecule has 2 aromatic carbocycles. The van der Waals surface area contributed by atoms with Gasteiger partial charge in [0, 0.05) is 15.5 Å². The largest absolute Gasteiger partial charge is 0.493 e. The number of thioether (sulfide) groups is 1. The molecule has 0 fully saturated rings. The summed E-state index contributed by atoms with van der Waals surface area (Å²) in [6, 6.07) is 10.8. The summed E-state index contributed by atoms with van der Waals surface area (Å²) in [5.41, 5.74) is 3.23. The van der Waals surface area contributed by atoms with Gasteiger partial charge in [0.15, 0.2) is 11.5 Å². The minimum absolute atomic E-state index is 0.210. The normalized spacial score (nSPS) is 11.9. The highest BCUT2D eigenvalue weighted by atomic mass is 35.5. The molecule has 0 unspecified atom stereocenters. The van der Waals surface area contributed by atoms with Crippen molar-refractivity contribution in [2.75, 3.05) is 21.3 Å². The lowest BCUT2D eigenvalue weighted by Crippen LogP contribution is -2.26. The molecule has 0 spiro atoms. The first kappa shape index (κ1) is 20.9. The van der Waals surface area contributed by atoms with Crippen LogP contribution in [0.4, 0.5) is 0 Å². The van der Waals surface area contributed by atoms with Crippen LogP contribution in [0.1, 0.15) is 12.5 Å². The van der Waals surface area contributed by atoms with Crippen LogP contribution in [0.15, 0.2) is 46.4 Å². The summed E-state index contributed by atoms with van der Waals surface area (Å²) in [6.07, 6.45) is 1.52. The van der Waals surface area contributed by atoms with Gasteiger partial charge in [-0.3, -0.25) is 4.79 Å². The quantitative estimate of drug-likeness (QED) is 0.406. The molecule has 0 aliphatic heterocycles. The van der Waals surface area contributed by atoms with E-state index < -0.39 is 0 Å². The van der Waals surface area contributed by atoms with Crippen molar-refractivity contribution < 1.29 is 19.0 Å². The lowest BCUT2D eigenvalue weighted by molar-refractivity contribution is -0.120. The molecule has 0 aromatic heterocycles. The number of carbonyl (C=O) groups excluding carboxylic acids is 1. The molecule has 8 heteroatoms. The molecule has 6 nitrogen and oxygen atoms in total. The van der Waals surface area contributed by atoms with Gasteiger partial charge in [-0.2, -0.15) is 5.10 Å². The summed E-state index contributed by atoms with van der Waals surface area (Å²) in [5, 5.41) is 4.36. The molecule has 0 aliphatic rings. The lowest BCUT2D eigenvalue weighted by atomic mass is 10.2. The molecule has 0 saturated heterocycles. The summed E-state index contributed by atoms with van der Waals surface area (Å²) >= 11 is 7.29. The lowest BCUT2D eigenvalue weighted by Gasteiger charge is -2.12. The number of ether oxygens (including phenoxy) is 3. The minimum Gasteiger partial charge on any atom is -0.493 e. The molecule has 0 aliphatic carbocycles.